The summed E-state index contributed by atoms with van der Waals surface area (Å²) in [7, 11) is 1.94. The Kier molecular flexibility index (Phi) is 6.49. The summed E-state index contributed by atoms with van der Waals surface area (Å²) in [4.78, 5) is 4.68. The van der Waals surface area contributed by atoms with Crippen molar-refractivity contribution in [1.82, 2.24) is 10.3 Å². The van der Waals surface area contributed by atoms with Crippen LogP contribution in [0.1, 0.15) is 18.9 Å². The van der Waals surface area contributed by atoms with Crippen LogP contribution < -0.4 is 14.8 Å². The SMILES string of the molecule is CCOc1cc(OCC)c(-c2csc(CCNC)n2)cc1Cl. The summed E-state index contributed by atoms with van der Waals surface area (Å²) >= 11 is 7.96. The van der Waals surface area contributed by atoms with Crippen molar-refractivity contribution < 1.29 is 9.47 Å². The molecule has 0 atom stereocenters. The van der Waals surface area contributed by atoms with Crippen molar-refractivity contribution in [3.8, 4) is 22.8 Å². The molecule has 1 aromatic heterocycles. The Hall–Kier alpha value is -1.30. The maximum absolute atomic E-state index is 6.31. The van der Waals surface area contributed by atoms with Gasteiger partial charge in [0.2, 0.25) is 0 Å². The van der Waals surface area contributed by atoms with Gasteiger partial charge < -0.3 is 14.8 Å². The molecule has 22 heavy (non-hydrogen) atoms. The first-order chi connectivity index (χ1) is 10.7. The predicted molar refractivity (Wildman–Crippen MR) is 92.5 cm³/mol. The monoisotopic (exact) mass is 340 g/mol. The van der Waals surface area contributed by atoms with Crippen LogP contribution in [0.3, 0.4) is 0 Å². The second-order valence-corrected chi connectivity index (χ2v) is 5.97. The normalized spacial score (nSPS) is 10.7. The second-order valence-electron chi connectivity index (χ2n) is 4.62. The summed E-state index contributed by atoms with van der Waals surface area (Å²) in [5, 5.41) is 6.84. The highest BCUT2D eigenvalue weighted by atomic mass is 35.5. The van der Waals surface area contributed by atoms with Gasteiger partial charge in [-0.25, -0.2) is 4.98 Å². The van der Waals surface area contributed by atoms with E-state index in [1.807, 2.05) is 38.4 Å². The Balaban J connectivity index is 2.35. The third kappa shape index (κ3) is 4.12. The molecular formula is C16H21ClN2O2S. The third-order valence-electron chi connectivity index (χ3n) is 3.05. The van der Waals surface area contributed by atoms with E-state index in [-0.39, 0.29) is 0 Å². The maximum atomic E-state index is 6.31. The summed E-state index contributed by atoms with van der Waals surface area (Å²) in [6.45, 7) is 5.94. The molecule has 2 aromatic rings. The molecule has 1 heterocycles. The number of rotatable bonds is 8. The molecule has 0 aliphatic carbocycles. The molecule has 4 nitrogen and oxygen atoms in total. The zero-order valence-electron chi connectivity index (χ0n) is 13.1. The Morgan fingerprint density at radius 3 is 2.59 bits per heavy atom. The largest absolute Gasteiger partial charge is 0.493 e. The van der Waals surface area contributed by atoms with Crippen molar-refractivity contribution in [2.45, 2.75) is 20.3 Å². The quantitative estimate of drug-likeness (QED) is 0.788. The van der Waals surface area contributed by atoms with Crippen molar-refractivity contribution >= 4 is 22.9 Å². The second kappa shape index (κ2) is 8.36. The highest BCUT2D eigenvalue weighted by Gasteiger charge is 2.15. The number of ether oxygens (including phenoxy) is 2. The van der Waals surface area contributed by atoms with Crippen LogP contribution in [-0.2, 0) is 6.42 Å². The summed E-state index contributed by atoms with van der Waals surface area (Å²) < 4.78 is 11.3. The lowest BCUT2D eigenvalue weighted by molar-refractivity contribution is 0.324. The third-order valence-corrected chi connectivity index (χ3v) is 4.25. The highest BCUT2D eigenvalue weighted by molar-refractivity contribution is 7.09. The van der Waals surface area contributed by atoms with E-state index in [4.69, 9.17) is 21.1 Å². The highest BCUT2D eigenvalue weighted by Crippen LogP contribution is 2.39. The van der Waals surface area contributed by atoms with E-state index in [0.29, 0.717) is 24.0 Å². The smallest absolute Gasteiger partial charge is 0.141 e. The van der Waals surface area contributed by atoms with Gasteiger partial charge in [-0.05, 0) is 27.0 Å². The molecule has 0 bridgehead atoms. The summed E-state index contributed by atoms with van der Waals surface area (Å²) in [5.74, 6) is 1.39. The van der Waals surface area contributed by atoms with Crippen LogP contribution in [0.4, 0.5) is 0 Å². The lowest BCUT2D eigenvalue weighted by Crippen LogP contribution is -2.09. The van der Waals surface area contributed by atoms with E-state index in [0.717, 1.165) is 35.0 Å². The minimum absolute atomic E-state index is 0.565. The fourth-order valence-electron chi connectivity index (χ4n) is 2.06. The van der Waals surface area contributed by atoms with Crippen LogP contribution in [0.25, 0.3) is 11.3 Å². The number of thiazole rings is 1. The fourth-order valence-corrected chi connectivity index (χ4v) is 3.07. The molecule has 120 valence electrons. The number of benzene rings is 1. The number of aromatic nitrogens is 1. The van der Waals surface area contributed by atoms with Crippen molar-refractivity contribution in [3.05, 3.63) is 27.5 Å². The molecule has 0 aliphatic heterocycles. The Morgan fingerprint density at radius 1 is 1.18 bits per heavy atom. The van der Waals surface area contributed by atoms with Gasteiger partial charge in [0.15, 0.2) is 0 Å². The first kappa shape index (κ1) is 17.1. The molecule has 0 unspecified atom stereocenters. The van der Waals surface area contributed by atoms with E-state index < -0.39 is 0 Å². The van der Waals surface area contributed by atoms with Gasteiger partial charge in [0, 0.05) is 30.0 Å². The first-order valence-corrected chi connectivity index (χ1v) is 8.63. The van der Waals surface area contributed by atoms with E-state index in [1.54, 1.807) is 11.3 Å². The minimum Gasteiger partial charge on any atom is -0.493 e. The number of hydrogen-bond acceptors (Lipinski definition) is 5. The van der Waals surface area contributed by atoms with Crippen LogP contribution >= 0.6 is 22.9 Å². The first-order valence-electron chi connectivity index (χ1n) is 7.38. The summed E-state index contributed by atoms with van der Waals surface area (Å²) in [6.07, 6.45) is 0.913. The molecular weight excluding hydrogens is 320 g/mol. The Bertz CT molecular complexity index is 616. The van der Waals surface area contributed by atoms with Crippen molar-refractivity contribution in [3.63, 3.8) is 0 Å². The van der Waals surface area contributed by atoms with Gasteiger partial charge in [0.25, 0.3) is 0 Å². The number of nitrogens with zero attached hydrogens (tertiary/aromatic N) is 1. The van der Waals surface area contributed by atoms with Gasteiger partial charge >= 0.3 is 0 Å². The molecule has 0 saturated carbocycles. The molecule has 6 heteroatoms. The zero-order valence-corrected chi connectivity index (χ0v) is 14.7. The molecule has 2 rings (SSSR count). The molecule has 0 spiro atoms. The van der Waals surface area contributed by atoms with Gasteiger partial charge in [-0.2, -0.15) is 0 Å². The number of halogens is 1. The van der Waals surface area contributed by atoms with Crippen LogP contribution in [0.5, 0.6) is 11.5 Å². The van der Waals surface area contributed by atoms with Crippen LogP contribution in [0.2, 0.25) is 5.02 Å². The van der Waals surface area contributed by atoms with E-state index >= 15 is 0 Å². The van der Waals surface area contributed by atoms with Gasteiger partial charge in [-0.15, -0.1) is 11.3 Å². The number of nitrogens with one attached hydrogen (secondary N) is 1. The van der Waals surface area contributed by atoms with Gasteiger partial charge in [-0.3, -0.25) is 0 Å². The standard InChI is InChI=1S/C16H21ClN2O2S/c1-4-20-14-9-15(21-5-2)12(17)8-11(14)13-10-22-16(19-13)6-7-18-3/h8-10,18H,4-7H2,1-3H3. The van der Waals surface area contributed by atoms with Crippen molar-refractivity contribution in [1.29, 1.82) is 0 Å². The van der Waals surface area contributed by atoms with Crippen molar-refractivity contribution in [2.24, 2.45) is 0 Å². The molecule has 0 saturated heterocycles. The minimum atomic E-state index is 0.565. The molecule has 0 fully saturated rings. The van der Waals surface area contributed by atoms with E-state index in [2.05, 4.69) is 10.3 Å². The van der Waals surface area contributed by atoms with E-state index in [1.165, 1.54) is 0 Å². The fraction of sp³-hybridized carbons (Fsp3) is 0.438. The molecule has 1 N–H and O–H groups in total. The van der Waals surface area contributed by atoms with Gasteiger partial charge in [-0.1, -0.05) is 11.6 Å². The Labute approximate surface area is 140 Å². The van der Waals surface area contributed by atoms with Gasteiger partial charge in [0.1, 0.15) is 11.5 Å². The summed E-state index contributed by atoms with van der Waals surface area (Å²) in [6, 6.07) is 3.71. The average molecular weight is 341 g/mol. The summed E-state index contributed by atoms with van der Waals surface area (Å²) in [5.41, 5.74) is 1.80. The molecule has 1 aromatic carbocycles. The molecule has 0 radical (unpaired) electrons. The lowest BCUT2D eigenvalue weighted by Gasteiger charge is -2.13. The average Bonchev–Trinajstić information content (AvgIpc) is 2.97. The maximum Gasteiger partial charge on any atom is 0.141 e. The molecule has 0 aliphatic rings. The predicted octanol–water partition coefficient (Wildman–Crippen LogP) is 4.02. The van der Waals surface area contributed by atoms with Gasteiger partial charge in [0.05, 0.1) is 28.9 Å². The van der Waals surface area contributed by atoms with Crippen LogP contribution in [-0.4, -0.2) is 31.8 Å². The number of likely N-dealkylation sites (N-methyl/N-ethyl adjacent to an activating group) is 1. The number of hydrogen-bond donors (Lipinski definition) is 1. The van der Waals surface area contributed by atoms with Crippen molar-refractivity contribution in [2.75, 3.05) is 26.8 Å². The van der Waals surface area contributed by atoms with E-state index in [9.17, 15) is 0 Å². The van der Waals surface area contributed by atoms with Crippen LogP contribution in [0, 0.1) is 0 Å². The van der Waals surface area contributed by atoms with Crippen LogP contribution in [0.15, 0.2) is 17.5 Å². The Morgan fingerprint density at radius 2 is 1.91 bits per heavy atom. The zero-order chi connectivity index (χ0) is 15.9. The molecule has 0 amide bonds. The topological polar surface area (TPSA) is 43.4 Å². The lowest BCUT2D eigenvalue weighted by atomic mass is 10.1.